The highest BCUT2D eigenvalue weighted by atomic mass is 35.5. The van der Waals surface area contributed by atoms with Gasteiger partial charge in [-0.1, -0.05) is 23.7 Å². The van der Waals surface area contributed by atoms with Crippen LogP contribution in [0.2, 0.25) is 5.02 Å². The number of aromatic nitrogens is 4. The molecular formula is C19H21ClN6O2. The molecule has 3 heterocycles. The van der Waals surface area contributed by atoms with Crippen LogP contribution in [-0.4, -0.2) is 45.3 Å². The van der Waals surface area contributed by atoms with Crippen molar-refractivity contribution >= 4 is 34.4 Å². The lowest BCUT2D eigenvalue weighted by atomic mass is 10.2. The zero-order valence-electron chi connectivity index (χ0n) is 15.6. The van der Waals surface area contributed by atoms with Crippen molar-refractivity contribution in [3.8, 4) is 0 Å². The first kappa shape index (κ1) is 18.4. The first-order chi connectivity index (χ1) is 13.5. The Labute approximate surface area is 166 Å². The van der Waals surface area contributed by atoms with Crippen LogP contribution >= 0.6 is 11.6 Å². The molecule has 1 fully saturated rings. The van der Waals surface area contributed by atoms with Crippen molar-refractivity contribution in [3.05, 3.63) is 62.8 Å². The van der Waals surface area contributed by atoms with Crippen molar-refractivity contribution in [3.63, 3.8) is 0 Å². The molecule has 8 nitrogen and oxygen atoms in total. The molecule has 0 radical (unpaired) electrons. The zero-order valence-corrected chi connectivity index (χ0v) is 16.3. The summed E-state index contributed by atoms with van der Waals surface area (Å²) >= 11 is 6.11. The van der Waals surface area contributed by atoms with E-state index in [1.165, 1.54) is 4.57 Å². The van der Waals surface area contributed by atoms with Crippen molar-refractivity contribution < 1.29 is 0 Å². The molecule has 4 rings (SSSR count). The Morgan fingerprint density at radius 1 is 1.21 bits per heavy atom. The molecule has 0 bridgehead atoms. The van der Waals surface area contributed by atoms with Crippen LogP contribution < -0.4 is 21.0 Å². The van der Waals surface area contributed by atoms with Crippen LogP contribution in [0.25, 0.3) is 11.2 Å². The number of fused-ring (bicyclic) bond motifs is 1. The number of hydrogen-bond acceptors (Lipinski definition) is 5. The fraction of sp³-hybridized carbons (Fsp3) is 0.316. The second kappa shape index (κ2) is 7.20. The molecule has 0 unspecified atom stereocenters. The molecular weight excluding hydrogens is 380 g/mol. The Kier molecular flexibility index (Phi) is 4.72. The average Bonchev–Trinajstić information content (AvgIpc) is 3.07. The fourth-order valence-corrected chi connectivity index (χ4v) is 3.79. The molecule has 1 aromatic carbocycles. The standard InChI is InChI=1S/C19H21ClN6O2/c1-3-7-26-15-16(23(2)19(28)22-17(15)27)21-18(26)25-10-8-24(9-11-25)14-6-4-5-13(20)12-14/h3-6,12H,1,7-11H2,2H3,(H,22,27,28). The van der Waals surface area contributed by atoms with E-state index in [0.717, 1.165) is 31.9 Å². The van der Waals surface area contributed by atoms with E-state index in [1.807, 2.05) is 28.8 Å². The van der Waals surface area contributed by atoms with E-state index in [-0.39, 0.29) is 0 Å². The topological polar surface area (TPSA) is 79.2 Å². The summed E-state index contributed by atoms with van der Waals surface area (Å²) in [6.45, 7) is 7.29. The Bertz CT molecular complexity index is 1150. The van der Waals surface area contributed by atoms with Crippen LogP contribution in [0.5, 0.6) is 0 Å². The lowest BCUT2D eigenvalue weighted by Gasteiger charge is -2.36. The first-order valence-electron chi connectivity index (χ1n) is 9.05. The zero-order chi connectivity index (χ0) is 19.8. The predicted molar refractivity (Wildman–Crippen MR) is 112 cm³/mol. The maximum absolute atomic E-state index is 12.4. The summed E-state index contributed by atoms with van der Waals surface area (Å²) in [7, 11) is 1.60. The Balaban J connectivity index is 1.68. The second-order valence-corrected chi connectivity index (χ2v) is 7.19. The molecule has 1 aliphatic heterocycles. The molecule has 2 aromatic heterocycles. The van der Waals surface area contributed by atoms with Gasteiger partial charge in [0.05, 0.1) is 0 Å². The molecule has 9 heteroatoms. The number of aryl methyl sites for hydroxylation is 1. The molecule has 146 valence electrons. The van der Waals surface area contributed by atoms with E-state index in [1.54, 1.807) is 13.1 Å². The van der Waals surface area contributed by atoms with Gasteiger partial charge in [0.1, 0.15) is 0 Å². The van der Waals surface area contributed by atoms with Crippen LogP contribution in [0.15, 0.2) is 46.5 Å². The number of imidazole rings is 1. The molecule has 0 spiro atoms. The van der Waals surface area contributed by atoms with E-state index in [9.17, 15) is 9.59 Å². The molecule has 3 aromatic rings. The molecule has 1 N–H and O–H groups in total. The van der Waals surface area contributed by atoms with Gasteiger partial charge in [-0.2, -0.15) is 4.98 Å². The summed E-state index contributed by atoms with van der Waals surface area (Å²) in [6.07, 6.45) is 1.72. The first-order valence-corrected chi connectivity index (χ1v) is 9.43. The highest BCUT2D eigenvalue weighted by molar-refractivity contribution is 6.30. The Hall–Kier alpha value is -3.00. The summed E-state index contributed by atoms with van der Waals surface area (Å²) < 4.78 is 3.18. The SMILES string of the molecule is C=CCn1c(N2CCN(c3cccc(Cl)c3)CC2)nc2c1c(=O)[nH]c(=O)n2C. The smallest absolute Gasteiger partial charge is 0.329 e. The van der Waals surface area contributed by atoms with E-state index in [0.29, 0.717) is 28.7 Å². The number of nitrogens with zero attached hydrogens (tertiary/aromatic N) is 5. The van der Waals surface area contributed by atoms with Gasteiger partial charge in [0.25, 0.3) is 5.56 Å². The van der Waals surface area contributed by atoms with Gasteiger partial charge in [0.15, 0.2) is 11.2 Å². The monoisotopic (exact) mass is 400 g/mol. The van der Waals surface area contributed by atoms with Gasteiger partial charge in [0, 0.05) is 50.5 Å². The Morgan fingerprint density at radius 3 is 2.61 bits per heavy atom. The summed E-state index contributed by atoms with van der Waals surface area (Å²) in [5.74, 6) is 0.673. The van der Waals surface area contributed by atoms with Crippen LogP contribution in [0, 0.1) is 0 Å². The lowest BCUT2D eigenvalue weighted by molar-refractivity contribution is 0.627. The number of anilines is 2. The number of rotatable bonds is 4. The van der Waals surface area contributed by atoms with E-state index < -0.39 is 11.2 Å². The number of H-pyrrole nitrogens is 1. The molecule has 1 saturated heterocycles. The van der Waals surface area contributed by atoms with Crippen LogP contribution in [0.4, 0.5) is 11.6 Å². The summed E-state index contributed by atoms with van der Waals surface area (Å²) in [4.78, 5) is 35.7. The van der Waals surface area contributed by atoms with Gasteiger partial charge in [-0.15, -0.1) is 6.58 Å². The highest BCUT2D eigenvalue weighted by Crippen LogP contribution is 2.24. The minimum absolute atomic E-state index is 0.378. The summed E-state index contributed by atoms with van der Waals surface area (Å²) in [6, 6.07) is 7.81. The molecule has 28 heavy (non-hydrogen) atoms. The van der Waals surface area contributed by atoms with Gasteiger partial charge >= 0.3 is 5.69 Å². The van der Waals surface area contributed by atoms with Crippen LogP contribution in [-0.2, 0) is 13.6 Å². The summed E-state index contributed by atoms with van der Waals surface area (Å²) in [5.41, 5.74) is 0.942. The van der Waals surface area contributed by atoms with Gasteiger partial charge in [-0.3, -0.25) is 14.3 Å². The van der Waals surface area contributed by atoms with Gasteiger partial charge < -0.3 is 14.4 Å². The fourth-order valence-electron chi connectivity index (χ4n) is 3.60. The largest absolute Gasteiger partial charge is 0.368 e. The average molecular weight is 401 g/mol. The molecule has 0 atom stereocenters. The van der Waals surface area contributed by atoms with Crippen molar-refractivity contribution in [2.45, 2.75) is 6.54 Å². The van der Waals surface area contributed by atoms with Gasteiger partial charge in [0.2, 0.25) is 5.95 Å². The molecule has 1 aliphatic rings. The maximum Gasteiger partial charge on any atom is 0.329 e. The Morgan fingerprint density at radius 2 is 1.93 bits per heavy atom. The third kappa shape index (κ3) is 3.09. The predicted octanol–water partition coefficient (Wildman–Crippen LogP) is 1.59. The van der Waals surface area contributed by atoms with Gasteiger partial charge in [-0.05, 0) is 18.2 Å². The summed E-state index contributed by atoms with van der Waals surface area (Å²) in [5, 5.41) is 0.716. The van der Waals surface area contributed by atoms with E-state index >= 15 is 0 Å². The number of aromatic amines is 1. The minimum atomic E-state index is -0.474. The number of halogens is 1. The third-order valence-corrected chi connectivity index (χ3v) is 5.27. The number of allylic oxidation sites excluding steroid dienone is 1. The normalized spacial score (nSPS) is 14.6. The van der Waals surface area contributed by atoms with Gasteiger partial charge in [-0.25, -0.2) is 4.79 Å². The maximum atomic E-state index is 12.4. The molecule has 0 aliphatic carbocycles. The number of benzene rings is 1. The van der Waals surface area contributed by atoms with E-state index in [2.05, 4.69) is 26.3 Å². The van der Waals surface area contributed by atoms with Crippen LogP contribution in [0.3, 0.4) is 0 Å². The van der Waals surface area contributed by atoms with Crippen molar-refractivity contribution in [2.75, 3.05) is 36.0 Å². The lowest BCUT2D eigenvalue weighted by Crippen LogP contribution is -2.47. The van der Waals surface area contributed by atoms with Crippen molar-refractivity contribution in [2.24, 2.45) is 7.05 Å². The number of nitrogens with one attached hydrogen (secondary N) is 1. The number of piperazine rings is 1. The molecule has 0 saturated carbocycles. The van der Waals surface area contributed by atoms with Crippen molar-refractivity contribution in [1.82, 2.24) is 19.1 Å². The quantitative estimate of drug-likeness (QED) is 0.673. The minimum Gasteiger partial charge on any atom is -0.368 e. The van der Waals surface area contributed by atoms with Crippen molar-refractivity contribution in [1.29, 1.82) is 0 Å². The van der Waals surface area contributed by atoms with Crippen LogP contribution in [0.1, 0.15) is 0 Å². The number of hydrogen-bond donors (Lipinski definition) is 1. The molecule has 0 amide bonds. The van der Waals surface area contributed by atoms with E-state index in [4.69, 9.17) is 11.6 Å². The highest BCUT2D eigenvalue weighted by Gasteiger charge is 2.24. The third-order valence-electron chi connectivity index (χ3n) is 5.03. The second-order valence-electron chi connectivity index (χ2n) is 6.76.